The van der Waals surface area contributed by atoms with Crippen molar-refractivity contribution in [1.29, 1.82) is 0 Å². The molecule has 0 unspecified atom stereocenters. The Balaban J connectivity index is 2.35. The first kappa shape index (κ1) is 9.11. The highest BCUT2D eigenvalue weighted by atomic mass is 16.3. The number of aromatic amines is 1. The van der Waals surface area contributed by atoms with Crippen molar-refractivity contribution in [3.8, 4) is 11.5 Å². The molecule has 16 heavy (non-hydrogen) atoms. The zero-order valence-corrected chi connectivity index (χ0v) is 8.47. The number of nitrogens with one attached hydrogen (secondary N) is 1. The van der Waals surface area contributed by atoms with Gasteiger partial charge in [-0.2, -0.15) is 0 Å². The fourth-order valence-corrected chi connectivity index (χ4v) is 1.79. The van der Waals surface area contributed by atoms with Crippen LogP contribution in [0, 0.1) is 0 Å². The highest BCUT2D eigenvalue weighted by Crippen LogP contribution is 2.27. The molecule has 0 spiro atoms. The van der Waals surface area contributed by atoms with E-state index in [2.05, 4.69) is 15.0 Å². The molecule has 0 aromatic carbocycles. The third-order valence-corrected chi connectivity index (χ3v) is 2.53. The molecule has 3 aromatic heterocycles. The molecule has 80 valence electrons. The number of furan rings is 1. The average Bonchev–Trinajstić information content (AvgIpc) is 2.97. The van der Waals surface area contributed by atoms with Crippen molar-refractivity contribution >= 4 is 11.0 Å². The van der Waals surface area contributed by atoms with E-state index in [1.807, 2.05) is 18.3 Å². The molecule has 0 bridgehead atoms. The van der Waals surface area contributed by atoms with Gasteiger partial charge in [-0.25, -0.2) is 9.97 Å². The number of nitrogens with two attached hydrogens (primary N) is 1. The lowest BCUT2D eigenvalue weighted by Crippen LogP contribution is -1.96. The first-order valence-corrected chi connectivity index (χ1v) is 4.95. The van der Waals surface area contributed by atoms with Crippen LogP contribution < -0.4 is 5.73 Å². The lowest BCUT2D eigenvalue weighted by molar-refractivity contribution is 0.580. The van der Waals surface area contributed by atoms with Crippen molar-refractivity contribution in [3.63, 3.8) is 0 Å². The predicted octanol–water partition coefficient (Wildman–Crippen LogP) is 1.68. The summed E-state index contributed by atoms with van der Waals surface area (Å²) in [6.07, 6.45) is 4.99. The number of nitrogens with zero attached hydrogens (tertiary/aromatic N) is 2. The van der Waals surface area contributed by atoms with Crippen molar-refractivity contribution < 1.29 is 4.42 Å². The number of H-pyrrole nitrogens is 1. The molecule has 5 heteroatoms. The zero-order chi connectivity index (χ0) is 11.0. The monoisotopic (exact) mass is 214 g/mol. The van der Waals surface area contributed by atoms with Crippen LogP contribution in [0.3, 0.4) is 0 Å². The van der Waals surface area contributed by atoms with E-state index in [0.717, 1.165) is 28.1 Å². The summed E-state index contributed by atoms with van der Waals surface area (Å²) < 4.78 is 5.35. The van der Waals surface area contributed by atoms with Crippen molar-refractivity contribution in [3.05, 3.63) is 36.5 Å². The predicted molar refractivity (Wildman–Crippen MR) is 59.5 cm³/mol. The number of aromatic nitrogens is 3. The second kappa shape index (κ2) is 3.46. The lowest BCUT2D eigenvalue weighted by atomic mass is 10.1. The summed E-state index contributed by atoms with van der Waals surface area (Å²) in [5.74, 6) is 0.724. The smallest absolute Gasteiger partial charge is 0.153 e. The molecule has 5 nitrogen and oxygen atoms in total. The van der Waals surface area contributed by atoms with Crippen LogP contribution in [0.4, 0.5) is 0 Å². The molecule has 0 aliphatic heterocycles. The van der Waals surface area contributed by atoms with E-state index >= 15 is 0 Å². The Labute approximate surface area is 91.3 Å². The summed E-state index contributed by atoms with van der Waals surface area (Å²) in [6, 6.07) is 3.70. The van der Waals surface area contributed by atoms with Gasteiger partial charge in [0.1, 0.15) is 17.7 Å². The van der Waals surface area contributed by atoms with Crippen LogP contribution in [0.5, 0.6) is 0 Å². The van der Waals surface area contributed by atoms with E-state index in [1.54, 1.807) is 6.26 Å². The van der Waals surface area contributed by atoms with Gasteiger partial charge in [0.05, 0.1) is 11.6 Å². The summed E-state index contributed by atoms with van der Waals surface area (Å²) in [5, 5.41) is 0.931. The van der Waals surface area contributed by atoms with E-state index in [1.165, 1.54) is 6.33 Å². The van der Waals surface area contributed by atoms with Crippen molar-refractivity contribution in [2.24, 2.45) is 5.73 Å². The highest BCUT2D eigenvalue weighted by molar-refractivity contribution is 5.92. The molecule has 3 N–H and O–H groups in total. The molecule has 0 saturated heterocycles. The molecule has 3 rings (SSSR count). The molecule has 3 heterocycles. The van der Waals surface area contributed by atoms with Gasteiger partial charge >= 0.3 is 0 Å². The van der Waals surface area contributed by atoms with Gasteiger partial charge in [0, 0.05) is 12.7 Å². The van der Waals surface area contributed by atoms with Gasteiger partial charge in [-0.1, -0.05) is 0 Å². The number of hydrogen-bond acceptors (Lipinski definition) is 4. The van der Waals surface area contributed by atoms with E-state index < -0.39 is 0 Å². The van der Waals surface area contributed by atoms with Crippen LogP contribution >= 0.6 is 0 Å². The van der Waals surface area contributed by atoms with Crippen LogP contribution in [0.25, 0.3) is 22.5 Å². The SMILES string of the molecule is NCc1c[nH]c2ncnc(-c3ccco3)c12. The number of hydrogen-bond donors (Lipinski definition) is 2. The second-order valence-corrected chi connectivity index (χ2v) is 3.44. The van der Waals surface area contributed by atoms with Gasteiger partial charge in [0.2, 0.25) is 0 Å². The third kappa shape index (κ3) is 1.22. The Morgan fingerprint density at radius 2 is 2.31 bits per heavy atom. The molecule has 0 fully saturated rings. The van der Waals surface area contributed by atoms with Crippen LogP contribution in [0.1, 0.15) is 5.56 Å². The highest BCUT2D eigenvalue weighted by Gasteiger charge is 2.13. The number of rotatable bonds is 2. The summed E-state index contributed by atoms with van der Waals surface area (Å²) in [5.41, 5.74) is 8.22. The van der Waals surface area contributed by atoms with Crippen LogP contribution in [-0.2, 0) is 6.54 Å². The van der Waals surface area contributed by atoms with Gasteiger partial charge in [0.15, 0.2) is 5.76 Å². The molecule has 0 atom stereocenters. The Hall–Kier alpha value is -2.14. The van der Waals surface area contributed by atoms with E-state index in [0.29, 0.717) is 6.54 Å². The van der Waals surface area contributed by atoms with E-state index in [9.17, 15) is 0 Å². The molecule has 3 aromatic rings. The van der Waals surface area contributed by atoms with Crippen LogP contribution in [0.15, 0.2) is 35.3 Å². The van der Waals surface area contributed by atoms with Gasteiger partial charge in [0.25, 0.3) is 0 Å². The van der Waals surface area contributed by atoms with Crippen molar-refractivity contribution in [2.75, 3.05) is 0 Å². The van der Waals surface area contributed by atoms with Gasteiger partial charge in [-0.05, 0) is 17.7 Å². The standard InChI is InChI=1S/C11H10N4O/c12-4-7-5-13-11-9(7)10(14-6-15-11)8-2-1-3-16-8/h1-3,5-6H,4,12H2,(H,13,14,15). The molecule has 0 amide bonds. The maximum atomic E-state index is 5.68. The molecule has 0 aliphatic carbocycles. The van der Waals surface area contributed by atoms with Crippen LogP contribution in [0.2, 0.25) is 0 Å². The first-order chi connectivity index (χ1) is 7.90. The van der Waals surface area contributed by atoms with E-state index in [4.69, 9.17) is 10.2 Å². The van der Waals surface area contributed by atoms with E-state index in [-0.39, 0.29) is 0 Å². The summed E-state index contributed by atoms with van der Waals surface area (Å²) in [4.78, 5) is 11.5. The minimum atomic E-state index is 0.446. The fourth-order valence-electron chi connectivity index (χ4n) is 1.79. The third-order valence-electron chi connectivity index (χ3n) is 2.53. The number of fused-ring (bicyclic) bond motifs is 1. The fraction of sp³-hybridized carbons (Fsp3) is 0.0909. The Bertz CT molecular complexity index is 612. The maximum Gasteiger partial charge on any atom is 0.153 e. The maximum absolute atomic E-state index is 5.68. The second-order valence-electron chi connectivity index (χ2n) is 3.44. The minimum absolute atomic E-state index is 0.446. The Morgan fingerprint density at radius 3 is 3.06 bits per heavy atom. The van der Waals surface area contributed by atoms with Gasteiger partial charge in [-0.15, -0.1) is 0 Å². The average molecular weight is 214 g/mol. The summed E-state index contributed by atoms with van der Waals surface area (Å²) in [7, 11) is 0. The Morgan fingerprint density at radius 1 is 1.38 bits per heavy atom. The van der Waals surface area contributed by atoms with Crippen LogP contribution in [-0.4, -0.2) is 15.0 Å². The van der Waals surface area contributed by atoms with Gasteiger partial charge in [-0.3, -0.25) is 0 Å². The Kier molecular flexibility index (Phi) is 1.97. The minimum Gasteiger partial charge on any atom is -0.463 e. The lowest BCUT2D eigenvalue weighted by Gasteiger charge is -1.99. The van der Waals surface area contributed by atoms with Gasteiger partial charge < -0.3 is 15.1 Å². The van der Waals surface area contributed by atoms with Crippen molar-refractivity contribution in [1.82, 2.24) is 15.0 Å². The summed E-state index contributed by atoms with van der Waals surface area (Å²) in [6.45, 7) is 0.446. The quantitative estimate of drug-likeness (QED) is 0.680. The first-order valence-electron chi connectivity index (χ1n) is 4.95. The molecular formula is C11H10N4O. The molecule has 0 saturated carbocycles. The molecular weight excluding hydrogens is 204 g/mol. The van der Waals surface area contributed by atoms with Crippen molar-refractivity contribution in [2.45, 2.75) is 6.54 Å². The largest absolute Gasteiger partial charge is 0.463 e. The molecule has 0 radical (unpaired) electrons. The topological polar surface area (TPSA) is 80.7 Å². The summed E-state index contributed by atoms with van der Waals surface area (Å²) >= 11 is 0. The zero-order valence-electron chi connectivity index (χ0n) is 8.47. The molecule has 0 aliphatic rings. The normalized spacial score (nSPS) is 11.1.